The van der Waals surface area contributed by atoms with Crippen LogP contribution >= 0.6 is 0 Å². The van der Waals surface area contributed by atoms with Crippen LogP contribution in [0, 0.1) is 0 Å². The van der Waals surface area contributed by atoms with Crippen molar-refractivity contribution in [2.45, 2.75) is 19.9 Å². The van der Waals surface area contributed by atoms with Gasteiger partial charge < -0.3 is 9.72 Å². The van der Waals surface area contributed by atoms with Gasteiger partial charge in [0.25, 0.3) is 0 Å². The number of hydrogen-bond donors (Lipinski definition) is 1. The molecule has 0 aliphatic carbocycles. The molecule has 0 unspecified atom stereocenters. The second-order valence-corrected chi connectivity index (χ2v) is 4.49. The van der Waals surface area contributed by atoms with Crippen LogP contribution in [0.1, 0.15) is 19.2 Å². The molecule has 0 saturated carbocycles. The molecule has 2 rings (SSSR count). The second kappa shape index (κ2) is 6.33. The van der Waals surface area contributed by atoms with Crippen LogP contribution in [0.15, 0.2) is 24.3 Å². The Morgan fingerprint density at radius 2 is 2.21 bits per heavy atom. The van der Waals surface area contributed by atoms with E-state index in [0.29, 0.717) is 26.1 Å². The highest BCUT2D eigenvalue weighted by Gasteiger charge is 2.08. The van der Waals surface area contributed by atoms with Gasteiger partial charge >= 0.3 is 5.97 Å². The van der Waals surface area contributed by atoms with Crippen molar-refractivity contribution in [2.24, 2.45) is 0 Å². The van der Waals surface area contributed by atoms with Gasteiger partial charge in [-0.25, -0.2) is 4.98 Å². The first kappa shape index (κ1) is 13.5. The Labute approximate surface area is 112 Å². The van der Waals surface area contributed by atoms with Gasteiger partial charge in [0.15, 0.2) is 0 Å². The lowest BCUT2D eigenvalue weighted by molar-refractivity contribution is -0.143. The molecule has 1 aromatic heterocycles. The number of carbonyl (C=O) groups is 1. The van der Waals surface area contributed by atoms with E-state index in [1.807, 2.05) is 38.2 Å². The normalized spacial score (nSPS) is 11.1. The first-order valence-corrected chi connectivity index (χ1v) is 6.47. The van der Waals surface area contributed by atoms with Crippen LogP contribution in [0.4, 0.5) is 0 Å². The summed E-state index contributed by atoms with van der Waals surface area (Å²) in [7, 11) is 1.96. The van der Waals surface area contributed by atoms with Crippen molar-refractivity contribution in [3.8, 4) is 0 Å². The molecule has 102 valence electrons. The summed E-state index contributed by atoms with van der Waals surface area (Å²) >= 11 is 0. The third-order valence-electron chi connectivity index (χ3n) is 2.86. The van der Waals surface area contributed by atoms with Crippen LogP contribution < -0.4 is 0 Å². The van der Waals surface area contributed by atoms with Crippen LogP contribution in [0.25, 0.3) is 11.0 Å². The molecule has 2 aromatic rings. The van der Waals surface area contributed by atoms with Crippen LogP contribution in [0.2, 0.25) is 0 Å². The maximum absolute atomic E-state index is 11.3. The Morgan fingerprint density at radius 1 is 1.42 bits per heavy atom. The minimum atomic E-state index is -0.154. The van der Waals surface area contributed by atoms with Crippen molar-refractivity contribution in [3.63, 3.8) is 0 Å². The van der Waals surface area contributed by atoms with Gasteiger partial charge in [-0.3, -0.25) is 9.69 Å². The molecule has 0 spiro atoms. The molecule has 0 bridgehead atoms. The van der Waals surface area contributed by atoms with Gasteiger partial charge in [-0.15, -0.1) is 0 Å². The summed E-state index contributed by atoms with van der Waals surface area (Å²) < 4.78 is 4.90. The van der Waals surface area contributed by atoms with Gasteiger partial charge in [0.05, 0.1) is 30.6 Å². The van der Waals surface area contributed by atoms with Crippen molar-refractivity contribution in [2.75, 3.05) is 20.2 Å². The summed E-state index contributed by atoms with van der Waals surface area (Å²) in [5.41, 5.74) is 2.01. The summed E-state index contributed by atoms with van der Waals surface area (Å²) in [4.78, 5) is 21.1. The van der Waals surface area contributed by atoms with E-state index in [1.54, 1.807) is 0 Å². The molecular weight excluding hydrogens is 242 g/mol. The van der Waals surface area contributed by atoms with Crippen LogP contribution in [-0.2, 0) is 16.1 Å². The van der Waals surface area contributed by atoms with Crippen LogP contribution in [0.3, 0.4) is 0 Å². The van der Waals surface area contributed by atoms with E-state index in [0.717, 1.165) is 16.9 Å². The Bertz CT molecular complexity index is 517. The van der Waals surface area contributed by atoms with Gasteiger partial charge in [0, 0.05) is 6.54 Å². The van der Waals surface area contributed by atoms with E-state index in [9.17, 15) is 4.79 Å². The zero-order chi connectivity index (χ0) is 13.7. The standard InChI is InChI=1S/C14H19N3O2/c1-3-19-14(18)8-9-17(2)10-13-15-11-6-4-5-7-12(11)16-13/h4-7H,3,8-10H2,1-2H3,(H,15,16). The third-order valence-corrected chi connectivity index (χ3v) is 2.86. The maximum atomic E-state index is 11.3. The fraction of sp³-hybridized carbons (Fsp3) is 0.429. The monoisotopic (exact) mass is 261 g/mol. The van der Waals surface area contributed by atoms with E-state index >= 15 is 0 Å². The third kappa shape index (κ3) is 3.79. The van der Waals surface area contributed by atoms with Gasteiger partial charge in [0.2, 0.25) is 0 Å². The van der Waals surface area contributed by atoms with Gasteiger partial charge in [-0.2, -0.15) is 0 Å². The first-order valence-electron chi connectivity index (χ1n) is 6.47. The fourth-order valence-corrected chi connectivity index (χ4v) is 1.93. The molecule has 19 heavy (non-hydrogen) atoms. The zero-order valence-electron chi connectivity index (χ0n) is 11.3. The lowest BCUT2D eigenvalue weighted by atomic mass is 10.3. The smallest absolute Gasteiger partial charge is 0.307 e. The van der Waals surface area contributed by atoms with Gasteiger partial charge in [-0.05, 0) is 26.1 Å². The Hall–Kier alpha value is -1.88. The van der Waals surface area contributed by atoms with Crippen molar-refractivity contribution < 1.29 is 9.53 Å². The summed E-state index contributed by atoms with van der Waals surface area (Å²) in [6.45, 7) is 3.60. The molecule has 0 fully saturated rings. The summed E-state index contributed by atoms with van der Waals surface area (Å²) in [6, 6.07) is 7.94. The van der Waals surface area contributed by atoms with Crippen molar-refractivity contribution >= 4 is 17.0 Å². The molecule has 1 heterocycles. The zero-order valence-corrected chi connectivity index (χ0v) is 11.3. The van der Waals surface area contributed by atoms with E-state index < -0.39 is 0 Å². The van der Waals surface area contributed by atoms with Gasteiger partial charge in [-0.1, -0.05) is 12.1 Å². The number of carbonyl (C=O) groups excluding carboxylic acids is 1. The number of aromatic amines is 1. The maximum Gasteiger partial charge on any atom is 0.307 e. The van der Waals surface area contributed by atoms with Gasteiger partial charge in [0.1, 0.15) is 5.82 Å². The molecule has 1 aromatic carbocycles. The van der Waals surface area contributed by atoms with E-state index in [2.05, 4.69) is 14.9 Å². The number of imidazole rings is 1. The van der Waals surface area contributed by atoms with Crippen molar-refractivity contribution in [1.29, 1.82) is 0 Å². The molecule has 5 heteroatoms. The van der Waals surface area contributed by atoms with E-state index in [-0.39, 0.29) is 5.97 Å². The van der Waals surface area contributed by atoms with Crippen molar-refractivity contribution in [3.05, 3.63) is 30.1 Å². The molecule has 0 atom stereocenters. The number of rotatable bonds is 6. The molecule has 5 nitrogen and oxygen atoms in total. The quantitative estimate of drug-likeness (QED) is 0.807. The van der Waals surface area contributed by atoms with Crippen LogP contribution in [-0.4, -0.2) is 41.0 Å². The summed E-state index contributed by atoms with van der Waals surface area (Å²) in [6.07, 6.45) is 0.407. The number of esters is 1. The lowest BCUT2D eigenvalue weighted by Gasteiger charge is -2.14. The topological polar surface area (TPSA) is 58.2 Å². The second-order valence-electron chi connectivity index (χ2n) is 4.49. The highest BCUT2D eigenvalue weighted by atomic mass is 16.5. The fourth-order valence-electron chi connectivity index (χ4n) is 1.93. The van der Waals surface area contributed by atoms with Crippen LogP contribution in [0.5, 0.6) is 0 Å². The predicted molar refractivity (Wildman–Crippen MR) is 73.7 cm³/mol. The number of para-hydroxylation sites is 2. The summed E-state index contributed by atoms with van der Waals surface area (Å²) in [5, 5.41) is 0. The number of aromatic nitrogens is 2. The average molecular weight is 261 g/mol. The highest BCUT2D eigenvalue weighted by molar-refractivity contribution is 5.74. The molecule has 0 amide bonds. The number of ether oxygens (including phenoxy) is 1. The lowest BCUT2D eigenvalue weighted by Crippen LogP contribution is -2.22. The van der Waals surface area contributed by atoms with E-state index in [1.165, 1.54) is 0 Å². The SMILES string of the molecule is CCOC(=O)CCN(C)Cc1nc2ccccc2[nH]1. The Kier molecular flexibility index (Phi) is 4.52. The largest absolute Gasteiger partial charge is 0.466 e. The number of nitrogens with zero attached hydrogens (tertiary/aromatic N) is 2. The Morgan fingerprint density at radius 3 is 2.95 bits per heavy atom. The predicted octanol–water partition coefficient (Wildman–Crippen LogP) is 1.95. The average Bonchev–Trinajstić information content (AvgIpc) is 2.78. The number of nitrogens with one attached hydrogen (secondary N) is 1. The minimum absolute atomic E-state index is 0.154. The number of benzene rings is 1. The number of H-pyrrole nitrogens is 1. The number of fused-ring (bicyclic) bond motifs is 1. The molecule has 1 N–H and O–H groups in total. The first-order chi connectivity index (χ1) is 9.19. The summed E-state index contributed by atoms with van der Waals surface area (Å²) in [5.74, 6) is 0.756. The van der Waals surface area contributed by atoms with Crippen molar-refractivity contribution in [1.82, 2.24) is 14.9 Å². The molecular formula is C14H19N3O2. The molecule has 0 aliphatic rings. The Balaban J connectivity index is 1.88. The molecule has 0 radical (unpaired) electrons. The number of hydrogen-bond acceptors (Lipinski definition) is 4. The molecule has 0 saturated heterocycles. The highest BCUT2D eigenvalue weighted by Crippen LogP contribution is 2.11. The molecule has 0 aliphatic heterocycles. The minimum Gasteiger partial charge on any atom is -0.466 e. The van der Waals surface area contributed by atoms with E-state index in [4.69, 9.17) is 4.74 Å².